The van der Waals surface area contributed by atoms with E-state index < -0.39 is 17.6 Å². The highest BCUT2D eigenvalue weighted by atomic mass is 19.4. The summed E-state index contributed by atoms with van der Waals surface area (Å²) in [6.45, 7) is 0.414. The van der Waals surface area contributed by atoms with Crippen molar-refractivity contribution < 1.29 is 36.9 Å². The van der Waals surface area contributed by atoms with Crippen LogP contribution in [0.4, 0.5) is 18.9 Å². The Morgan fingerprint density at radius 3 is 2.63 bits per heavy atom. The van der Waals surface area contributed by atoms with Gasteiger partial charge in [0.05, 0.1) is 17.9 Å². The van der Waals surface area contributed by atoms with Crippen LogP contribution in [-0.4, -0.2) is 33.0 Å². The Bertz CT molecular complexity index is 838. The largest absolute Gasteiger partial charge is 0.489 e. The third-order valence-electron chi connectivity index (χ3n) is 3.73. The van der Waals surface area contributed by atoms with Crippen LogP contribution in [0, 0.1) is 0 Å². The van der Waals surface area contributed by atoms with Crippen LogP contribution in [0.15, 0.2) is 36.4 Å². The third kappa shape index (κ3) is 4.43. The number of anilines is 1. The molecule has 0 aromatic heterocycles. The topological polar surface area (TPSA) is 66.0 Å². The fraction of sp³-hybridized carbons (Fsp3) is 0.278. The second kappa shape index (κ2) is 7.75. The average molecular weight is 383 g/mol. The third-order valence-corrected chi connectivity index (χ3v) is 3.73. The number of methoxy groups -OCH3 is 1. The molecule has 6 nitrogen and oxygen atoms in total. The zero-order valence-corrected chi connectivity index (χ0v) is 14.3. The lowest BCUT2D eigenvalue weighted by atomic mass is 10.1. The predicted octanol–water partition coefficient (Wildman–Crippen LogP) is 3.71. The lowest BCUT2D eigenvalue weighted by molar-refractivity contribution is -0.137. The van der Waals surface area contributed by atoms with E-state index in [2.05, 4.69) is 5.32 Å². The summed E-state index contributed by atoms with van der Waals surface area (Å²) in [7, 11) is 1.47. The molecular formula is C18H16F3NO5. The SMILES string of the molecule is COCCOc1ccc(C(F)(F)F)cc1NC(=O)c1ccc2c(c1)OCO2. The number of halogens is 3. The van der Waals surface area contributed by atoms with Crippen LogP contribution in [0.2, 0.25) is 0 Å². The number of hydrogen-bond acceptors (Lipinski definition) is 5. The number of hydrogen-bond donors (Lipinski definition) is 1. The first-order valence-electron chi connectivity index (χ1n) is 7.92. The molecule has 0 aliphatic carbocycles. The van der Waals surface area contributed by atoms with Crippen molar-refractivity contribution in [1.29, 1.82) is 0 Å². The summed E-state index contributed by atoms with van der Waals surface area (Å²) in [6, 6.07) is 7.37. The second-order valence-corrected chi connectivity index (χ2v) is 5.57. The molecule has 9 heteroatoms. The van der Waals surface area contributed by atoms with Crippen LogP contribution < -0.4 is 19.5 Å². The minimum Gasteiger partial charge on any atom is -0.489 e. The van der Waals surface area contributed by atoms with E-state index in [1.54, 1.807) is 6.07 Å². The molecule has 1 heterocycles. The molecule has 0 bridgehead atoms. The van der Waals surface area contributed by atoms with E-state index in [-0.39, 0.29) is 37.0 Å². The molecule has 27 heavy (non-hydrogen) atoms. The average Bonchev–Trinajstić information content (AvgIpc) is 3.09. The highest BCUT2D eigenvalue weighted by molar-refractivity contribution is 6.05. The molecule has 1 amide bonds. The molecule has 1 aliphatic rings. The van der Waals surface area contributed by atoms with Gasteiger partial charge in [0.25, 0.3) is 5.91 Å². The van der Waals surface area contributed by atoms with E-state index in [9.17, 15) is 18.0 Å². The summed E-state index contributed by atoms with van der Waals surface area (Å²) < 4.78 is 59.7. The zero-order chi connectivity index (χ0) is 19.4. The number of fused-ring (bicyclic) bond motifs is 1. The molecule has 0 spiro atoms. The molecule has 2 aromatic carbocycles. The first kappa shape index (κ1) is 18.8. The number of amides is 1. The van der Waals surface area contributed by atoms with Crippen LogP contribution in [0.3, 0.4) is 0 Å². The Morgan fingerprint density at radius 1 is 1.11 bits per heavy atom. The molecule has 1 N–H and O–H groups in total. The van der Waals surface area contributed by atoms with Gasteiger partial charge in [-0.3, -0.25) is 4.79 Å². The smallest absolute Gasteiger partial charge is 0.416 e. The fourth-order valence-corrected chi connectivity index (χ4v) is 2.40. The fourth-order valence-electron chi connectivity index (χ4n) is 2.40. The van der Waals surface area contributed by atoms with Crippen molar-refractivity contribution in [3.05, 3.63) is 47.5 Å². The molecule has 0 radical (unpaired) electrons. The highest BCUT2D eigenvalue weighted by Crippen LogP contribution is 2.36. The van der Waals surface area contributed by atoms with Crippen LogP contribution >= 0.6 is 0 Å². The minimum absolute atomic E-state index is 0.0471. The van der Waals surface area contributed by atoms with E-state index in [1.807, 2.05) is 0 Å². The van der Waals surface area contributed by atoms with E-state index in [0.717, 1.165) is 18.2 Å². The normalized spacial score (nSPS) is 12.7. The van der Waals surface area contributed by atoms with Gasteiger partial charge in [-0.25, -0.2) is 0 Å². The molecule has 0 saturated heterocycles. The van der Waals surface area contributed by atoms with Crippen molar-refractivity contribution in [1.82, 2.24) is 0 Å². The van der Waals surface area contributed by atoms with Gasteiger partial charge >= 0.3 is 6.18 Å². The maximum absolute atomic E-state index is 13.0. The molecular weight excluding hydrogens is 367 g/mol. The summed E-state index contributed by atoms with van der Waals surface area (Å²) in [4.78, 5) is 12.5. The number of nitrogens with one attached hydrogen (secondary N) is 1. The van der Waals surface area contributed by atoms with Crippen molar-refractivity contribution >= 4 is 11.6 Å². The molecule has 3 rings (SSSR count). The van der Waals surface area contributed by atoms with Gasteiger partial charge in [0.2, 0.25) is 6.79 Å². The van der Waals surface area contributed by atoms with Gasteiger partial charge in [-0.1, -0.05) is 0 Å². The second-order valence-electron chi connectivity index (χ2n) is 5.57. The summed E-state index contributed by atoms with van der Waals surface area (Å²) in [5.74, 6) is 0.385. The summed E-state index contributed by atoms with van der Waals surface area (Å²) >= 11 is 0. The Balaban J connectivity index is 1.85. The van der Waals surface area contributed by atoms with Gasteiger partial charge < -0.3 is 24.3 Å². The monoisotopic (exact) mass is 383 g/mol. The number of ether oxygens (including phenoxy) is 4. The summed E-state index contributed by atoms with van der Waals surface area (Å²) in [5.41, 5.74) is -0.786. The molecule has 0 fully saturated rings. The van der Waals surface area contributed by atoms with Gasteiger partial charge in [0.15, 0.2) is 11.5 Å². The van der Waals surface area contributed by atoms with Crippen molar-refractivity contribution in [2.75, 3.05) is 32.4 Å². The lowest BCUT2D eigenvalue weighted by Gasteiger charge is -2.15. The molecule has 2 aromatic rings. The van der Waals surface area contributed by atoms with Gasteiger partial charge in [-0.15, -0.1) is 0 Å². The van der Waals surface area contributed by atoms with Crippen LogP contribution in [0.5, 0.6) is 17.2 Å². The Morgan fingerprint density at radius 2 is 1.89 bits per heavy atom. The van der Waals surface area contributed by atoms with Gasteiger partial charge in [0.1, 0.15) is 12.4 Å². The summed E-state index contributed by atoms with van der Waals surface area (Å²) in [5, 5.41) is 2.46. The van der Waals surface area contributed by atoms with Gasteiger partial charge in [0, 0.05) is 12.7 Å². The first-order valence-corrected chi connectivity index (χ1v) is 7.92. The van der Waals surface area contributed by atoms with Crippen LogP contribution in [-0.2, 0) is 10.9 Å². The highest BCUT2D eigenvalue weighted by Gasteiger charge is 2.31. The molecule has 144 valence electrons. The number of carbonyl (C=O) groups is 1. The Hall–Kier alpha value is -2.94. The quantitative estimate of drug-likeness (QED) is 0.771. The van der Waals surface area contributed by atoms with Crippen molar-refractivity contribution in [2.45, 2.75) is 6.18 Å². The van der Waals surface area contributed by atoms with E-state index >= 15 is 0 Å². The van der Waals surface area contributed by atoms with E-state index in [0.29, 0.717) is 11.5 Å². The van der Waals surface area contributed by atoms with E-state index in [1.165, 1.54) is 19.2 Å². The van der Waals surface area contributed by atoms with Gasteiger partial charge in [-0.2, -0.15) is 13.2 Å². The zero-order valence-electron chi connectivity index (χ0n) is 14.3. The maximum atomic E-state index is 13.0. The molecule has 1 aliphatic heterocycles. The van der Waals surface area contributed by atoms with Crippen LogP contribution in [0.1, 0.15) is 15.9 Å². The number of carbonyl (C=O) groups excluding carboxylic acids is 1. The maximum Gasteiger partial charge on any atom is 0.416 e. The molecule has 0 atom stereocenters. The summed E-state index contributed by atoms with van der Waals surface area (Å²) in [6.07, 6.45) is -4.55. The molecule has 0 saturated carbocycles. The minimum atomic E-state index is -4.55. The lowest BCUT2D eigenvalue weighted by Crippen LogP contribution is -2.15. The van der Waals surface area contributed by atoms with E-state index in [4.69, 9.17) is 18.9 Å². The number of benzene rings is 2. The van der Waals surface area contributed by atoms with Crippen molar-refractivity contribution in [3.63, 3.8) is 0 Å². The first-order chi connectivity index (χ1) is 12.9. The Kier molecular flexibility index (Phi) is 5.41. The molecule has 0 unspecified atom stereocenters. The standard InChI is InChI=1S/C18H16F3NO5/c1-24-6-7-25-14-5-3-12(18(19,20)21)9-13(14)22-17(23)11-2-4-15-16(8-11)27-10-26-15/h2-5,8-9H,6-7,10H2,1H3,(H,22,23). The van der Waals surface area contributed by atoms with Crippen molar-refractivity contribution in [2.24, 2.45) is 0 Å². The van der Waals surface area contributed by atoms with Crippen LogP contribution in [0.25, 0.3) is 0 Å². The predicted molar refractivity (Wildman–Crippen MR) is 89.3 cm³/mol. The number of rotatable bonds is 6. The number of alkyl halides is 3. The Labute approximate surface area is 152 Å². The van der Waals surface area contributed by atoms with Gasteiger partial charge in [-0.05, 0) is 36.4 Å². The van der Waals surface area contributed by atoms with Crippen molar-refractivity contribution in [3.8, 4) is 17.2 Å².